The first-order chi connectivity index (χ1) is 5.47. The Bertz CT molecular complexity index is 318. The molecule has 0 unspecified atom stereocenters. The topological polar surface area (TPSA) is 64.7 Å². The SMILES string of the molecule is c1coc(-c2nncnn2)c1. The first-order valence-electron chi connectivity index (χ1n) is 3.01. The van der Waals surface area contributed by atoms with Crippen LogP contribution >= 0.6 is 0 Å². The lowest BCUT2D eigenvalue weighted by molar-refractivity contribution is 0.573. The Morgan fingerprint density at radius 1 is 1.18 bits per heavy atom. The Morgan fingerprint density at radius 3 is 2.64 bits per heavy atom. The molecule has 0 atom stereocenters. The third-order valence-corrected chi connectivity index (χ3v) is 1.15. The Hall–Kier alpha value is -1.78. The molecule has 0 spiro atoms. The van der Waals surface area contributed by atoms with Gasteiger partial charge in [-0.15, -0.1) is 20.4 Å². The van der Waals surface area contributed by atoms with Gasteiger partial charge in [-0.2, -0.15) is 0 Å². The first-order valence-corrected chi connectivity index (χ1v) is 3.01. The molecule has 11 heavy (non-hydrogen) atoms. The van der Waals surface area contributed by atoms with Gasteiger partial charge in [-0.3, -0.25) is 0 Å². The average Bonchev–Trinajstić information content (AvgIpc) is 2.58. The van der Waals surface area contributed by atoms with Crippen LogP contribution in [0, 0.1) is 0 Å². The number of hydrogen-bond acceptors (Lipinski definition) is 5. The van der Waals surface area contributed by atoms with Crippen LogP contribution < -0.4 is 0 Å². The van der Waals surface area contributed by atoms with E-state index < -0.39 is 0 Å². The average molecular weight is 148 g/mol. The van der Waals surface area contributed by atoms with E-state index in [1.807, 2.05) is 0 Å². The molecule has 0 amide bonds. The van der Waals surface area contributed by atoms with E-state index in [4.69, 9.17) is 4.42 Å². The number of aromatic nitrogens is 4. The lowest BCUT2D eigenvalue weighted by Gasteiger charge is -1.87. The zero-order chi connectivity index (χ0) is 7.52. The van der Waals surface area contributed by atoms with Crippen LogP contribution in [0.3, 0.4) is 0 Å². The molecule has 0 aliphatic heterocycles. The molecule has 0 aliphatic carbocycles. The Kier molecular flexibility index (Phi) is 1.33. The van der Waals surface area contributed by atoms with E-state index in [-0.39, 0.29) is 0 Å². The summed E-state index contributed by atoms with van der Waals surface area (Å²) in [7, 11) is 0. The normalized spacial score (nSPS) is 9.82. The van der Waals surface area contributed by atoms with Gasteiger partial charge in [-0.25, -0.2) is 0 Å². The molecular formula is C6H4N4O. The summed E-state index contributed by atoms with van der Waals surface area (Å²) in [5.74, 6) is 0.975. The van der Waals surface area contributed by atoms with E-state index in [2.05, 4.69) is 20.4 Å². The molecule has 0 fully saturated rings. The van der Waals surface area contributed by atoms with Crippen molar-refractivity contribution in [3.05, 3.63) is 24.7 Å². The van der Waals surface area contributed by atoms with Crippen LogP contribution in [0.4, 0.5) is 0 Å². The van der Waals surface area contributed by atoms with E-state index in [0.717, 1.165) is 0 Å². The number of nitrogens with zero attached hydrogens (tertiary/aromatic N) is 4. The fraction of sp³-hybridized carbons (Fsp3) is 0. The van der Waals surface area contributed by atoms with Gasteiger partial charge in [0.15, 0.2) is 12.1 Å². The van der Waals surface area contributed by atoms with Crippen molar-refractivity contribution in [2.75, 3.05) is 0 Å². The third kappa shape index (κ3) is 1.07. The maximum atomic E-state index is 5.01. The molecule has 0 N–H and O–H groups in total. The summed E-state index contributed by atoms with van der Waals surface area (Å²) < 4.78 is 5.01. The van der Waals surface area contributed by atoms with Crippen LogP contribution in [0.1, 0.15) is 0 Å². The summed E-state index contributed by atoms with van der Waals surface area (Å²) in [5, 5.41) is 14.5. The zero-order valence-corrected chi connectivity index (χ0v) is 5.51. The van der Waals surface area contributed by atoms with Crippen LogP contribution in [0.25, 0.3) is 11.6 Å². The standard InChI is InChI=1S/C6H4N4O/c1-2-5(11-3-1)6-9-7-4-8-10-6/h1-4H. The van der Waals surface area contributed by atoms with Crippen LogP contribution in [0.2, 0.25) is 0 Å². The summed E-state index contributed by atoms with van der Waals surface area (Å²) in [4.78, 5) is 0. The van der Waals surface area contributed by atoms with Gasteiger partial charge in [0.2, 0.25) is 5.82 Å². The van der Waals surface area contributed by atoms with E-state index >= 15 is 0 Å². The second-order valence-corrected chi connectivity index (χ2v) is 1.85. The minimum absolute atomic E-state index is 0.400. The molecule has 0 saturated carbocycles. The highest BCUT2D eigenvalue weighted by molar-refractivity contribution is 5.43. The quantitative estimate of drug-likeness (QED) is 0.590. The van der Waals surface area contributed by atoms with E-state index in [0.29, 0.717) is 11.6 Å². The van der Waals surface area contributed by atoms with Crippen molar-refractivity contribution in [1.82, 2.24) is 20.4 Å². The summed E-state index contributed by atoms with van der Waals surface area (Å²) in [5.41, 5.74) is 0. The van der Waals surface area contributed by atoms with Crippen molar-refractivity contribution in [3.63, 3.8) is 0 Å². The maximum Gasteiger partial charge on any atom is 0.238 e. The van der Waals surface area contributed by atoms with Gasteiger partial charge in [-0.1, -0.05) is 0 Å². The Morgan fingerprint density at radius 2 is 2.00 bits per heavy atom. The fourth-order valence-corrected chi connectivity index (χ4v) is 0.708. The molecular weight excluding hydrogens is 144 g/mol. The lowest BCUT2D eigenvalue weighted by Crippen LogP contribution is -1.91. The molecule has 0 saturated heterocycles. The molecule has 2 rings (SSSR count). The molecule has 5 nitrogen and oxygen atoms in total. The van der Waals surface area contributed by atoms with E-state index in [9.17, 15) is 0 Å². The highest BCUT2D eigenvalue weighted by atomic mass is 16.3. The highest BCUT2D eigenvalue weighted by Gasteiger charge is 2.02. The minimum Gasteiger partial charge on any atom is -0.461 e. The van der Waals surface area contributed by atoms with Gasteiger partial charge in [0.05, 0.1) is 6.26 Å². The number of furan rings is 1. The van der Waals surface area contributed by atoms with Crippen LogP contribution in [0.15, 0.2) is 29.1 Å². The van der Waals surface area contributed by atoms with Crippen molar-refractivity contribution in [3.8, 4) is 11.6 Å². The molecule has 0 aromatic carbocycles. The van der Waals surface area contributed by atoms with Gasteiger partial charge < -0.3 is 4.42 Å². The lowest BCUT2D eigenvalue weighted by atomic mass is 10.4. The monoisotopic (exact) mass is 148 g/mol. The predicted molar refractivity (Wildman–Crippen MR) is 35.3 cm³/mol. The molecule has 2 heterocycles. The van der Waals surface area contributed by atoms with Crippen molar-refractivity contribution < 1.29 is 4.42 Å². The van der Waals surface area contributed by atoms with Crippen molar-refractivity contribution in [1.29, 1.82) is 0 Å². The fourth-order valence-electron chi connectivity index (χ4n) is 0.708. The van der Waals surface area contributed by atoms with Crippen molar-refractivity contribution in [2.24, 2.45) is 0 Å². The molecule has 0 aliphatic rings. The van der Waals surface area contributed by atoms with Gasteiger partial charge in [-0.05, 0) is 12.1 Å². The molecule has 2 aromatic heterocycles. The van der Waals surface area contributed by atoms with Crippen LogP contribution in [0.5, 0.6) is 0 Å². The van der Waals surface area contributed by atoms with Gasteiger partial charge in [0.25, 0.3) is 0 Å². The second-order valence-electron chi connectivity index (χ2n) is 1.85. The maximum absolute atomic E-state index is 5.01. The van der Waals surface area contributed by atoms with E-state index in [1.165, 1.54) is 6.33 Å². The minimum atomic E-state index is 0.400. The number of rotatable bonds is 1. The van der Waals surface area contributed by atoms with Crippen LogP contribution in [-0.4, -0.2) is 20.4 Å². The summed E-state index contributed by atoms with van der Waals surface area (Å²) in [6.07, 6.45) is 2.82. The van der Waals surface area contributed by atoms with Crippen molar-refractivity contribution >= 4 is 0 Å². The summed E-state index contributed by atoms with van der Waals surface area (Å²) >= 11 is 0. The zero-order valence-electron chi connectivity index (χ0n) is 5.51. The molecule has 5 heteroatoms. The van der Waals surface area contributed by atoms with Crippen molar-refractivity contribution in [2.45, 2.75) is 0 Å². The first kappa shape index (κ1) is 5.96. The molecule has 0 radical (unpaired) electrons. The molecule has 0 bridgehead atoms. The highest BCUT2D eigenvalue weighted by Crippen LogP contribution is 2.11. The Balaban J connectivity index is 2.46. The molecule has 54 valence electrons. The smallest absolute Gasteiger partial charge is 0.238 e. The number of hydrogen-bond donors (Lipinski definition) is 0. The largest absolute Gasteiger partial charge is 0.461 e. The molecule has 2 aromatic rings. The predicted octanol–water partition coefficient (Wildman–Crippen LogP) is 0.527. The summed E-state index contributed by atoms with van der Waals surface area (Å²) in [6, 6.07) is 3.50. The third-order valence-electron chi connectivity index (χ3n) is 1.15. The van der Waals surface area contributed by atoms with E-state index in [1.54, 1.807) is 18.4 Å². The Labute approximate surface area is 62.1 Å². The van der Waals surface area contributed by atoms with Crippen LogP contribution in [-0.2, 0) is 0 Å². The van der Waals surface area contributed by atoms with Gasteiger partial charge in [0.1, 0.15) is 0 Å². The second kappa shape index (κ2) is 2.45. The van der Waals surface area contributed by atoms with Gasteiger partial charge >= 0.3 is 0 Å². The van der Waals surface area contributed by atoms with Gasteiger partial charge in [0, 0.05) is 0 Å². The summed E-state index contributed by atoms with van der Waals surface area (Å²) in [6.45, 7) is 0.